The molecule has 0 aromatic heterocycles. The van der Waals surface area contributed by atoms with Crippen molar-refractivity contribution in [2.24, 2.45) is 5.10 Å². The molecular weight excluding hydrogens is 464 g/mol. The Morgan fingerprint density at radius 1 is 0.861 bits per heavy atom. The fourth-order valence-electron chi connectivity index (χ4n) is 3.12. The Morgan fingerprint density at radius 2 is 1.58 bits per heavy atom. The van der Waals surface area contributed by atoms with Crippen molar-refractivity contribution in [1.82, 2.24) is 5.43 Å². The molecule has 0 fully saturated rings. The van der Waals surface area contributed by atoms with Gasteiger partial charge in [0.15, 0.2) is 11.5 Å². The van der Waals surface area contributed by atoms with Crippen LogP contribution in [0.3, 0.4) is 0 Å². The van der Waals surface area contributed by atoms with Crippen LogP contribution in [0, 0.1) is 0 Å². The van der Waals surface area contributed by atoms with Crippen LogP contribution in [-0.4, -0.2) is 44.8 Å². The van der Waals surface area contributed by atoms with Gasteiger partial charge in [0.25, 0.3) is 5.91 Å². The number of hydrogen-bond donors (Lipinski definition) is 3. The molecule has 3 aromatic rings. The van der Waals surface area contributed by atoms with Crippen molar-refractivity contribution in [2.45, 2.75) is 6.92 Å². The van der Waals surface area contributed by atoms with Crippen molar-refractivity contribution < 1.29 is 28.6 Å². The van der Waals surface area contributed by atoms with Crippen molar-refractivity contribution >= 4 is 35.3 Å². The van der Waals surface area contributed by atoms with E-state index in [1.807, 2.05) is 6.92 Å². The quantitative estimate of drug-likeness (QED) is 0.240. The zero-order valence-corrected chi connectivity index (χ0v) is 20.0. The molecule has 10 nitrogen and oxygen atoms in total. The van der Waals surface area contributed by atoms with E-state index < -0.39 is 17.7 Å². The molecular formula is C26H26N4O6. The fraction of sp³-hybridized carbons (Fsp3) is 0.154. The van der Waals surface area contributed by atoms with Crippen LogP contribution in [0.1, 0.15) is 22.8 Å². The van der Waals surface area contributed by atoms with Gasteiger partial charge in [0, 0.05) is 5.69 Å². The number of carbonyl (C=O) groups is 3. The van der Waals surface area contributed by atoms with Gasteiger partial charge in [0.2, 0.25) is 0 Å². The third kappa shape index (κ3) is 6.83. The van der Waals surface area contributed by atoms with E-state index in [2.05, 4.69) is 21.2 Å². The minimum absolute atomic E-state index is 0.171. The normalized spacial score (nSPS) is 10.4. The summed E-state index contributed by atoms with van der Waals surface area (Å²) in [5.41, 5.74) is 3.67. The summed E-state index contributed by atoms with van der Waals surface area (Å²) < 4.78 is 15.8. The van der Waals surface area contributed by atoms with Gasteiger partial charge in [-0.05, 0) is 67.1 Å². The van der Waals surface area contributed by atoms with Crippen LogP contribution >= 0.6 is 0 Å². The van der Waals surface area contributed by atoms with Crippen LogP contribution in [0.15, 0.2) is 71.8 Å². The molecule has 0 saturated heterocycles. The first-order valence-electron chi connectivity index (χ1n) is 10.9. The Morgan fingerprint density at radius 3 is 2.28 bits per heavy atom. The summed E-state index contributed by atoms with van der Waals surface area (Å²) in [5.74, 6) is -0.729. The number of benzene rings is 3. The first-order chi connectivity index (χ1) is 17.4. The van der Waals surface area contributed by atoms with Gasteiger partial charge in [-0.1, -0.05) is 12.1 Å². The largest absolute Gasteiger partial charge is 0.494 e. The van der Waals surface area contributed by atoms with Gasteiger partial charge < -0.3 is 24.8 Å². The molecule has 0 aliphatic heterocycles. The number of ether oxygens (including phenoxy) is 3. The van der Waals surface area contributed by atoms with Crippen LogP contribution in [0.25, 0.3) is 0 Å². The number of rotatable bonds is 9. The molecule has 0 atom stereocenters. The molecule has 0 saturated carbocycles. The highest BCUT2D eigenvalue weighted by molar-refractivity contribution is 6.40. The van der Waals surface area contributed by atoms with Gasteiger partial charge in [-0.15, -0.1) is 0 Å². The third-order valence-electron chi connectivity index (χ3n) is 4.84. The second-order valence-electron chi connectivity index (χ2n) is 7.22. The number of hydrogen-bond acceptors (Lipinski definition) is 7. The Labute approximate surface area is 208 Å². The number of para-hydroxylation sites is 1. The molecule has 0 radical (unpaired) electrons. The summed E-state index contributed by atoms with van der Waals surface area (Å²) in [6, 6.07) is 18.3. The molecule has 3 aromatic carbocycles. The second-order valence-corrected chi connectivity index (χ2v) is 7.22. The van der Waals surface area contributed by atoms with Gasteiger partial charge in [-0.3, -0.25) is 14.4 Å². The van der Waals surface area contributed by atoms with Gasteiger partial charge >= 0.3 is 11.8 Å². The molecule has 186 valence electrons. The van der Waals surface area contributed by atoms with Crippen LogP contribution in [0.4, 0.5) is 11.4 Å². The summed E-state index contributed by atoms with van der Waals surface area (Å²) in [4.78, 5) is 37.4. The van der Waals surface area contributed by atoms with E-state index in [9.17, 15) is 14.4 Å². The van der Waals surface area contributed by atoms with E-state index in [-0.39, 0.29) is 11.3 Å². The number of anilines is 2. The Balaban J connectivity index is 1.62. The fourth-order valence-corrected chi connectivity index (χ4v) is 3.12. The molecule has 10 heteroatoms. The molecule has 0 heterocycles. The zero-order valence-electron chi connectivity index (χ0n) is 20.0. The predicted octanol–water partition coefficient (Wildman–Crippen LogP) is 3.44. The summed E-state index contributed by atoms with van der Waals surface area (Å²) >= 11 is 0. The SMILES string of the molecule is CCOc1ccc(NC(=O)c2ccccc2NC(=O)C(=O)N/N=C\c2ccc(OC)c(OC)c2)cc1. The summed E-state index contributed by atoms with van der Waals surface area (Å²) in [7, 11) is 3.02. The molecule has 0 aliphatic rings. The first kappa shape index (κ1) is 25.8. The third-order valence-corrected chi connectivity index (χ3v) is 4.84. The molecule has 0 unspecified atom stereocenters. The van der Waals surface area contributed by atoms with Crippen molar-refractivity contribution in [1.29, 1.82) is 0 Å². The van der Waals surface area contributed by atoms with E-state index in [1.54, 1.807) is 54.6 Å². The van der Waals surface area contributed by atoms with E-state index in [0.717, 1.165) is 0 Å². The van der Waals surface area contributed by atoms with Crippen LogP contribution in [-0.2, 0) is 9.59 Å². The summed E-state index contributed by atoms with van der Waals surface area (Å²) in [6.45, 7) is 2.42. The maximum atomic E-state index is 12.8. The average molecular weight is 491 g/mol. The lowest BCUT2D eigenvalue weighted by atomic mass is 10.1. The highest BCUT2D eigenvalue weighted by atomic mass is 16.5. The lowest BCUT2D eigenvalue weighted by Gasteiger charge is -2.11. The topological polar surface area (TPSA) is 127 Å². The Bertz CT molecular complexity index is 1260. The molecule has 0 aliphatic carbocycles. The van der Waals surface area contributed by atoms with Gasteiger partial charge in [-0.25, -0.2) is 5.43 Å². The Hall–Kier alpha value is -4.86. The monoisotopic (exact) mass is 490 g/mol. The van der Waals surface area contributed by atoms with E-state index in [0.29, 0.717) is 35.1 Å². The molecule has 3 rings (SSSR count). The number of hydrazone groups is 1. The standard InChI is InChI=1S/C26H26N4O6/c1-4-36-19-12-10-18(11-13-19)28-24(31)20-7-5-6-8-21(20)29-25(32)26(33)30-27-16-17-9-14-22(34-2)23(15-17)35-3/h5-16H,4H2,1-3H3,(H,28,31)(H,29,32)(H,30,33)/b27-16-. The molecule has 0 spiro atoms. The minimum atomic E-state index is -1.01. The first-order valence-corrected chi connectivity index (χ1v) is 10.9. The maximum Gasteiger partial charge on any atom is 0.329 e. The molecule has 36 heavy (non-hydrogen) atoms. The van der Waals surface area contributed by atoms with E-state index in [1.165, 1.54) is 32.6 Å². The summed E-state index contributed by atoms with van der Waals surface area (Å²) in [5, 5.41) is 8.99. The van der Waals surface area contributed by atoms with Crippen LogP contribution in [0.5, 0.6) is 17.2 Å². The van der Waals surface area contributed by atoms with Crippen LogP contribution < -0.4 is 30.3 Å². The zero-order chi connectivity index (χ0) is 25.9. The lowest BCUT2D eigenvalue weighted by molar-refractivity contribution is -0.136. The van der Waals surface area contributed by atoms with Gasteiger partial charge in [0.1, 0.15) is 5.75 Å². The molecule has 0 bridgehead atoms. The number of nitrogens with zero attached hydrogens (tertiary/aromatic N) is 1. The van der Waals surface area contributed by atoms with E-state index in [4.69, 9.17) is 14.2 Å². The lowest BCUT2D eigenvalue weighted by Crippen LogP contribution is -2.33. The molecule has 3 N–H and O–H groups in total. The highest BCUT2D eigenvalue weighted by Crippen LogP contribution is 2.26. The number of methoxy groups -OCH3 is 2. The molecule has 3 amide bonds. The average Bonchev–Trinajstić information content (AvgIpc) is 2.90. The van der Waals surface area contributed by atoms with Crippen molar-refractivity contribution in [3.8, 4) is 17.2 Å². The van der Waals surface area contributed by atoms with Crippen molar-refractivity contribution in [3.05, 3.63) is 77.9 Å². The van der Waals surface area contributed by atoms with Gasteiger partial charge in [-0.2, -0.15) is 5.10 Å². The van der Waals surface area contributed by atoms with Crippen molar-refractivity contribution in [3.63, 3.8) is 0 Å². The number of carbonyl (C=O) groups excluding carboxylic acids is 3. The minimum Gasteiger partial charge on any atom is -0.494 e. The number of nitrogens with one attached hydrogen (secondary N) is 3. The van der Waals surface area contributed by atoms with Crippen molar-refractivity contribution in [2.75, 3.05) is 31.5 Å². The summed E-state index contributed by atoms with van der Waals surface area (Å²) in [6.07, 6.45) is 1.35. The smallest absolute Gasteiger partial charge is 0.329 e. The Kier molecular flexibility index (Phi) is 8.99. The number of amides is 3. The van der Waals surface area contributed by atoms with Gasteiger partial charge in [0.05, 0.1) is 38.3 Å². The second kappa shape index (κ2) is 12.6. The van der Waals surface area contributed by atoms with E-state index >= 15 is 0 Å². The van der Waals surface area contributed by atoms with Crippen LogP contribution in [0.2, 0.25) is 0 Å². The highest BCUT2D eigenvalue weighted by Gasteiger charge is 2.18. The maximum absolute atomic E-state index is 12.8. The predicted molar refractivity (Wildman–Crippen MR) is 136 cm³/mol.